The lowest BCUT2D eigenvalue weighted by atomic mass is 9.99. The number of anilines is 1. The van der Waals surface area contributed by atoms with E-state index in [1.165, 1.54) is 0 Å². The first kappa shape index (κ1) is 19.5. The van der Waals surface area contributed by atoms with Gasteiger partial charge < -0.3 is 15.4 Å². The van der Waals surface area contributed by atoms with E-state index in [0.717, 1.165) is 12.1 Å². The molecule has 2 N–H and O–H groups in total. The summed E-state index contributed by atoms with van der Waals surface area (Å²) in [7, 11) is 0. The van der Waals surface area contributed by atoms with Crippen LogP contribution in [0, 0.1) is 5.82 Å². The van der Waals surface area contributed by atoms with Crippen LogP contribution in [0.2, 0.25) is 5.02 Å². The van der Waals surface area contributed by atoms with Crippen LogP contribution in [-0.2, 0) is 17.8 Å². The van der Waals surface area contributed by atoms with Crippen LogP contribution in [0.5, 0.6) is 5.75 Å². The maximum Gasteiger partial charge on any atom is 0.265 e. The molecule has 7 heteroatoms. The molecule has 134 valence electrons. The van der Waals surface area contributed by atoms with Crippen molar-refractivity contribution >= 4 is 35.6 Å². The van der Waals surface area contributed by atoms with Crippen molar-refractivity contribution in [2.45, 2.75) is 26.0 Å². The van der Waals surface area contributed by atoms with Crippen molar-refractivity contribution in [1.82, 2.24) is 5.32 Å². The van der Waals surface area contributed by atoms with E-state index in [2.05, 4.69) is 10.6 Å². The Morgan fingerprint density at radius 2 is 2.08 bits per heavy atom. The lowest BCUT2D eigenvalue weighted by Crippen LogP contribution is -2.31. The highest BCUT2D eigenvalue weighted by Crippen LogP contribution is 2.26. The lowest BCUT2D eigenvalue weighted by molar-refractivity contribution is -0.122. The van der Waals surface area contributed by atoms with E-state index in [4.69, 9.17) is 16.3 Å². The van der Waals surface area contributed by atoms with Crippen LogP contribution in [0.15, 0.2) is 36.4 Å². The summed E-state index contributed by atoms with van der Waals surface area (Å²) in [6, 6.07) is 10.3. The number of para-hydroxylation sites is 1. The topological polar surface area (TPSA) is 50.4 Å². The van der Waals surface area contributed by atoms with Gasteiger partial charge in [0, 0.05) is 6.54 Å². The van der Waals surface area contributed by atoms with Crippen molar-refractivity contribution in [1.29, 1.82) is 0 Å². The molecule has 0 fully saturated rings. The Morgan fingerprint density at radius 1 is 1.32 bits per heavy atom. The van der Waals surface area contributed by atoms with Crippen molar-refractivity contribution in [3.63, 3.8) is 0 Å². The molecule has 0 radical (unpaired) electrons. The zero-order chi connectivity index (χ0) is 17.1. The largest absolute Gasteiger partial charge is 0.479 e. The Labute approximate surface area is 157 Å². The Bertz CT molecular complexity index is 771. The summed E-state index contributed by atoms with van der Waals surface area (Å²) >= 11 is 6.02. The molecule has 1 aliphatic rings. The molecule has 1 amide bonds. The second-order valence-electron chi connectivity index (χ2n) is 5.67. The molecule has 25 heavy (non-hydrogen) atoms. The van der Waals surface area contributed by atoms with Crippen molar-refractivity contribution in [3.05, 3.63) is 58.4 Å². The number of amides is 1. The molecule has 0 saturated heterocycles. The van der Waals surface area contributed by atoms with Crippen molar-refractivity contribution in [3.8, 4) is 5.75 Å². The van der Waals surface area contributed by atoms with Crippen LogP contribution in [0.4, 0.5) is 10.1 Å². The van der Waals surface area contributed by atoms with E-state index in [0.29, 0.717) is 29.3 Å². The van der Waals surface area contributed by atoms with Crippen LogP contribution in [0.1, 0.15) is 18.1 Å². The molecule has 4 nitrogen and oxygen atoms in total. The fraction of sp³-hybridized carbons (Fsp3) is 0.278. The fourth-order valence-electron chi connectivity index (χ4n) is 2.65. The van der Waals surface area contributed by atoms with Crippen molar-refractivity contribution in [2.75, 3.05) is 11.9 Å². The standard InChI is InChI=1S/C18H18ClFN2O2.ClH/c1-11(24-16-5-3-2-4-14(16)19)18(23)22-15-7-6-12-10-21-9-8-13(12)17(15)20;/h2-7,11,21H,8-10H2,1H3,(H,22,23);1H. The van der Waals surface area contributed by atoms with Crippen molar-refractivity contribution in [2.24, 2.45) is 0 Å². The highest BCUT2D eigenvalue weighted by molar-refractivity contribution is 6.32. The number of hydrogen-bond acceptors (Lipinski definition) is 3. The molecular formula is C18H19Cl2FN2O2. The Balaban J connectivity index is 0.00000225. The zero-order valence-electron chi connectivity index (χ0n) is 13.6. The van der Waals surface area contributed by atoms with Gasteiger partial charge in [0.05, 0.1) is 10.7 Å². The second-order valence-corrected chi connectivity index (χ2v) is 6.08. The molecule has 0 spiro atoms. The van der Waals surface area contributed by atoms with Crippen LogP contribution < -0.4 is 15.4 Å². The highest BCUT2D eigenvalue weighted by Gasteiger charge is 2.21. The zero-order valence-corrected chi connectivity index (χ0v) is 15.2. The molecule has 2 aromatic carbocycles. The number of fused-ring (bicyclic) bond motifs is 1. The maximum absolute atomic E-state index is 14.6. The molecule has 0 aromatic heterocycles. The van der Waals surface area contributed by atoms with Gasteiger partial charge in [-0.1, -0.05) is 29.8 Å². The third-order valence-electron chi connectivity index (χ3n) is 3.97. The number of rotatable bonds is 4. The molecule has 1 unspecified atom stereocenters. The van der Waals surface area contributed by atoms with Gasteiger partial charge in [0.1, 0.15) is 11.6 Å². The first-order valence-electron chi connectivity index (χ1n) is 7.79. The molecule has 0 bridgehead atoms. The molecule has 3 rings (SSSR count). The van der Waals surface area contributed by atoms with Gasteiger partial charge in [0.15, 0.2) is 6.10 Å². The van der Waals surface area contributed by atoms with Gasteiger partial charge in [0.2, 0.25) is 0 Å². The predicted octanol–water partition coefficient (Wildman–Crippen LogP) is 3.95. The molecular weight excluding hydrogens is 366 g/mol. The summed E-state index contributed by atoms with van der Waals surface area (Å²) in [6.45, 7) is 2.97. The lowest BCUT2D eigenvalue weighted by Gasteiger charge is -2.20. The van der Waals surface area contributed by atoms with Crippen LogP contribution in [-0.4, -0.2) is 18.6 Å². The number of hydrogen-bond donors (Lipinski definition) is 2. The number of nitrogens with one attached hydrogen (secondary N) is 2. The third kappa shape index (κ3) is 4.42. The second kappa shape index (κ2) is 8.52. The van der Waals surface area contributed by atoms with Gasteiger partial charge in [-0.2, -0.15) is 0 Å². The van der Waals surface area contributed by atoms with E-state index in [1.807, 2.05) is 6.07 Å². The first-order valence-corrected chi connectivity index (χ1v) is 8.17. The Morgan fingerprint density at radius 3 is 2.84 bits per heavy atom. The van der Waals surface area contributed by atoms with Gasteiger partial charge >= 0.3 is 0 Å². The molecule has 2 aromatic rings. The minimum absolute atomic E-state index is 0. The summed E-state index contributed by atoms with van der Waals surface area (Å²) in [5.74, 6) is -0.381. The fourth-order valence-corrected chi connectivity index (χ4v) is 2.83. The summed E-state index contributed by atoms with van der Waals surface area (Å²) in [4.78, 5) is 12.3. The van der Waals surface area contributed by atoms with Crippen molar-refractivity contribution < 1.29 is 13.9 Å². The summed E-state index contributed by atoms with van der Waals surface area (Å²) in [5, 5.41) is 6.21. The summed E-state index contributed by atoms with van der Waals surface area (Å²) in [5.41, 5.74) is 1.76. The van der Waals surface area contributed by atoms with Crippen LogP contribution >= 0.6 is 24.0 Å². The number of ether oxygens (including phenoxy) is 1. The number of carbonyl (C=O) groups is 1. The smallest absolute Gasteiger partial charge is 0.265 e. The Hall–Kier alpha value is -1.82. The minimum atomic E-state index is -0.804. The van der Waals surface area contributed by atoms with E-state index in [1.54, 1.807) is 37.3 Å². The number of benzene rings is 2. The molecule has 0 aliphatic carbocycles. The van der Waals surface area contributed by atoms with Gasteiger partial charge in [0.25, 0.3) is 5.91 Å². The van der Waals surface area contributed by atoms with E-state index in [-0.39, 0.29) is 23.9 Å². The van der Waals surface area contributed by atoms with E-state index in [9.17, 15) is 9.18 Å². The average Bonchev–Trinajstić information content (AvgIpc) is 2.59. The SMILES string of the molecule is CC(Oc1ccccc1Cl)C(=O)Nc1ccc2c(c1F)CCNC2.Cl. The quantitative estimate of drug-likeness (QED) is 0.838. The van der Waals surface area contributed by atoms with E-state index < -0.39 is 12.0 Å². The number of halogens is 3. The first-order chi connectivity index (χ1) is 11.6. The molecule has 1 aliphatic heterocycles. The monoisotopic (exact) mass is 384 g/mol. The van der Waals surface area contributed by atoms with Crippen LogP contribution in [0.25, 0.3) is 0 Å². The van der Waals surface area contributed by atoms with E-state index >= 15 is 0 Å². The molecule has 1 heterocycles. The average molecular weight is 385 g/mol. The minimum Gasteiger partial charge on any atom is -0.479 e. The summed E-state index contributed by atoms with van der Waals surface area (Å²) < 4.78 is 20.1. The van der Waals surface area contributed by atoms with Gasteiger partial charge in [-0.25, -0.2) is 4.39 Å². The molecule has 0 saturated carbocycles. The van der Waals surface area contributed by atoms with Gasteiger partial charge in [-0.3, -0.25) is 4.79 Å². The predicted molar refractivity (Wildman–Crippen MR) is 99.2 cm³/mol. The highest BCUT2D eigenvalue weighted by atomic mass is 35.5. The third-order valence-corrected chi connectivity index (χ3v) is 4.29. The maximum atomic E-state index is 14.6. The molecule has 1 atom stereocenters. The van der Waals surface area contributed by atoms with Gasteiger partial charge in [-0.05, 0) is 49.2 Å². The van der Waals surface area contributed by atoms with Gasteiger partial charge in [-0.15, -0.1) is 12.4 Å². The van der Waals surface area contributed by atoms with Crippen LogP contribution in [0.3, 0.4) is 0 Å². The Kier molecular flexibility index (Phi) is 6.64. The summed E-state index contributed by atoms with van der Waals surface area (Å²) in [6.07, 6.45) is -0.196. The normalized spacial score (nSPS) is 14.0. The number of carbonyl (C=O) groups excluding carboxylic acids is 1.